The minimum atomic E-state index is 0.816. The van der Waals surface area contributed by atoms with Crippen LogP contribution < -0.4 is 0 Å². The van der Waals surface area contributed by atoms with Crippen molar-refractivity contribution in [2.75, 3.05) is 14.1 Å². The predicted molar refractivity (Wildman–Crippen MR) is 48.8 cm³/mol. The maximum atomic E-state index is 5.15. The first-order valence-corrected chi connectivity index (χ1v) is 3.79. The zero-order valence-corrected chi connectivity index (χ0v) is 7.73. The van der Waals surface area contributed by atoms with Crippen LogP contribution in [-0.2, 0) is 0 Å². The van der Waals surface area contributed by atoms with Crippen LogP contribution in [-0.4, -0.2) is 24.0 Å². The van der Waals surface area contributed by atoms with Crippen molar-refractivity contribution in [3.8, 4) is 0 Å². The number of hydrogen-bond acceptors (Lipinski definition) is 2. The lowest BCUT2D eigenvalue weighted by molar-refractivity contribution is 0.532. The molecule has 11 heavy (non-hydrogen) atoms. The number of nitrogens with zero attached hydrogens (tertiary/aromatic N) is 1. The van der Waals surface area contributed by atoms with Gasteiger partial charge in [0, 0.05) is 14.1 Å². The van der Waals surface area contributed by atoms with Crippen molar-refractivity contribution in [1.82, 2.24) is 4.90 Å². The zero-order chi connectivity index (χ0) is 8.43. The lowest BCUT2D eigenvalue weighted by atomic mass is 10.2. The second-order valence-corrected chi connectivity index (χ2v) is 2.98. The molecule has 0 amide bonds. The summed E-state index contributed by atoms with van der Waals surface area (Å²) in [5.74, 6) is 0.878. The Labute approximate surface area is 71.8 Å². The number of rotatable bonds is 1. The van der Waals surface area contributed by atoms with Gasteiger partial charge in [0.1, 0.15) is 10.7 Å². The number of hydrogen-bond donors (Lipinski definition) is 0. The first-order chi connectivity index (χ1) is 5.13. The molecule has 0 bridgehead atoms. The average Bonchev–Trinajstić information content (AvgIpc) is 2.33. The largest absolute Gasteiger partial charge is 0.469 e. The number of thiocarbonyl (C=S) groups is 1. The molecular formula is C8H11NOS. The van der Waals surface area contributed by atoms with Crippen LogP contribution in [0.1, 0.15) is 11.3 Å². The third kappa shape index (κ3) is 1.60. The monoisotopic (exact) mass is 169 g/mol. The summed E-state index contributed by atoms with van der Waals surface area (Å²) in [5.41, 5.74) is 1.00. The highest BCUT2D eigenvalue weighted by atomic mass is 32.1. The van der Waals surface area contributed by atoms with E-state index in [0.29, 0.717) is 0 Å². The van der Waals surface area contributed by atoms with Gasteiger partial charge in [-0.15, -0.1) is 0 Å². The van der Waals surface area contributed by atoms with Gasteiger partial charge in [-0.05, 0) is 13.0 Å². The van der Waals surface area contributed by atoms with E-state index in [-0.39, 0.29) is 0 Å². The molecule has 60 valence electrons. The topological polar surface area (TPSA) is 16.4 Å². The Morgan fingerprint density at radius 1 is 1.55 bits per heavy atom. The first-order valence-electron chi connectivity index (χ1n) is 3.38. The van der Waals surface area contributed by atoms with Gasteiger partial charge in [-0.3, -0.25) is 0 Å². The van der Waals surface area contributed by atoms with Crippen molar-refractivity contribution in [2.24, 2.45) is 0 Å². The Hall–Kier alpha value is -0.830. The second kappa shape index (κ2) is 3.05. The zero-order valence-electron chi connectivity index (χ0n) is 6.92. The highest BCUT2D eigenvalue weighted by molar-refractivity contribution is 7.80. The molecule has 0 aliphatic carbocycles. The van der Waals surface area contributed by atoms with Crippen LogP contribution in [0.3, 0.4) is 0 Å². The van der Waals surface area contributed by atoms with Gasteiger partial charge >= 0.3 is 0 Å². The fourth-order valence-electron chi connectivity index (χ4n) is 0.848. The minimum absolute atomic E-state index is 0.816. The van der Waals surface area contributed by atoms with Crippen LogP contribution in [0.5, 0.6) is 0 Å². The van der Waals surface area contributed by atoms with Crippen LogP contribution in [0.4, 0.5) is 0 Å². The molecule has 0 saturated heterocycles. The highest BCUT2D eigenvalue weighted by Gasteiger charge is 2.07. The molecule has 0 unspecified atom stereocenters. The van der Waals surface area contributed by atoms with Crippen LogP contribution >= 0.6 is 12.2 Å². The third-order valence-electron chi connectivity index (χ3n) is 1.50. The molecule has 3 heteroatoms. The van der Waals surface area contributed by atoms with Crippen molar-refractivity contribution < 1.29 is 4.42 Å². The summed E-state index contributed by atoms with van der Waals surface area (Å²) in [4.78, 5) is 2.71. The Kier molecular flexibility index (Phi) is 2.29. The maximum Gasteiger partial charge on any atom is 0.112 e. The minimum Gasteiger partial charge on any atom is -0.469 e. The normalized spacial score (nSPS) is 9.73. The SMILES string of the molecule is Cc1occc1C(=S)N(C)C. The van der Waals surface area contributed by atoms with E-state index < -0.39 is 0 Å². The van der Waals surface area contributed by atoms with Gasteiger partial charge < -0.3 is 9.32 Å². The average molecular weight is 169 g/mol. The standard InChI is InChI=1S/C8H11NOS/c1-6-7(4-5-10-6)8(11)9(2)3/h4-5H,1-3H3. The van der Waals surface area contributed by atoms with E-state index in [0.717, 1.165) is 16.3 Å². The lowest BCUT2D eigenvalue weighted by Crippen LogP contribution is -2.20. The summed E-state index contributed by atoms with van der Waals surface area (Å²) < 4.78 is 5.12. The number of aryl methyl sites for hydroxylation is 1. The van der Waals surface area contributed by atoms with E-state index in [9.17, 15) is 0 Å². The molecule has 0 aliphatic rings. The third-order valence-corrected chi connectivity index (χ3v) is 2.08. The van der Waals surface area contributed by atoms with Gasteiger partial charge in [-0.2, -0.15) is 0 Å². The summed E-state index contributed by atoms with van der Waals surface area (Å²) in [6.45, 7) is 1.91. The van der Waals surface area contributed by atoms with Crippen molar-refractivity contribution in [2.45, 2.75) is 6.92 Å². The summed E-state index contributed by atoms with van der Waals surface area (Å²) in [7, 11) is 3.85. The predicted octanol–water partition coefficient (Wildman–Crippen LogP) is 1.83. The van der Waals surface area contributed by atoms with E-state index in [1.54, 1.807) is 6.26 Å². The fraction of sp³-hybridized carbons (Fsp3) is 0.375. The van der Waals surface area contributed by atoms with E-state index in [1.807, 2.05) is 32.0 Å². The van der Waals surface area contributed by atoms with Crippen LogP contribution in [0.2, 0.25) is 0 Å². The van der Waals surface area contributed by atoms with Crippen molar-refractivity contribution in [3.05, 3.63) is 23.7 Å². The molecule has 0 N–H and O–H groups in total. The summed E-state index contributed by atoms with van der Waals surface area (Å²) >= 11 is 5.15. The van der Waals surface area contributed by atoms with Crippen LogP contribution in [0.15, 0.2) is 16.7 Å². The van der Waals surface area contributed by atoms with Gasteiger partial charge in [-0.25, -0.2) is 0 Å². The van der Waals surface area contributed by atoms with Crippen molar-refractivity contribution in [1.29, 1.82) is 0 Å². The molecule has 0 atom stereocenters. The fourth-order valence-corrected chi connectivity index (χ4v) is 1.06. The quantitative estimate of drug-likeness (QED) is 0.597. The van der Waals surface area contributed by atoms with E-state index >= 15 is 0 Å². The lowest BCUT2D eigenvalue weighted by Gasteiger charge is -2.11. The molecule has 0 radical (unpaired) electrons. The molecule has 1 rings (SSSR count). The van der Waals surface area contributed by atoms with Gasteiger partial charge in [0.15, 0.2) is 0 Å². The van der Waals surface area contributed by atoms with E-state index in [4.69, 9.17) is 16.6 Å². The molecule has 1 aromatic heterocycles. The summed E-state index contributed by atoms with van der Waals surface area (Å²) in [6.07, 6.45) is 1.65. The Morgan fingerprint density at radius 3 is 2.55 bits per heavy atom. The number of furan rings is 1. The molecule has 0 spiro atoms. The molecule has 0 aliphatic heterocycles. The smallest absolute Gasteiger partial charge is 0.112 e. The van der Waals surface area contributed by atoms with Crippen LogP contribution in [0, 0.1) is 6.92 Å². The molecule has 1 aromatic rings. The summed E-state index contributed by atoms with van der Waals surface area (Å²) in [5, 5.41) is 0. The van der Waals surface area contributed by atoms with Gasteiger partial charge in [0.05, 0.1) is 11.8 Å². The second-order valence-electron chi connectivity index (χ2n) is 2.59. The maximum absolute atomic E-state index is 5.15. The van der Waals surface area contributed by atoms with Crippen molar-refractivity contribution >= 4 is 17.2 Å². The Bertz CT molecular complexity index is 265. The van der Waals surface area contributed by atoms with Crippen molar-refractivity contribution in [3.63, 3.8) is 0 Å². The van der Waals surface area contributed by atoms with Gasteiger partial charge in [0.25, 0.3) is 0 Å². The highest BCUT2D eigenvalue weighted by Crippen LogP contribution is 2.10. The summed E-state index contributed by atoms with van der Waals surface area (Å²) in [6, 6.07) is 1.89. The van der Waals surface area contributed by atoms with E-state index in [2.05, 4.69) is 0 Å². The Morgan fingerprint density at radius 2 is 2.18 bits per heavy atom. The molecule has 0 saturated carbocycles. The first kappa shape index (κ1) is 8.27. The van der Waals surface area contributed by atoms with Gasteiger partial charge in [0.2, 0.25) is 0 Å². The molecule has 0 fully saturated rings. The molecule has 2 nitrogen and oxygen atoms in total. The molecular weight excluding hydrogens is 158 g/mol. The molecule has 1 heterocycles. The van der Waals surface area contributed by atoms with Crippen LogP contribution in [0.25, 0.3) is 0 Å². The van der Waals surface area contributed by atoms with Gasteiger partial charge in [-0.1, -0.05) is 12.2 Å². The molecule has 0 aromatic carbocycles. The van der Waals surface area contributed by atoms with E-state index in [1.165, 1.54) is 0 Å². The Balaban J connectivity index is 2.93.